The van der Waals surface area contributed by atoms with Crippen molar-refractivity contribution in [1.29, 1.82) is 0 Å². The molecule has 2 fully saturated rings. The van der Waals surface area contributed by atoms with Gasteiger partial charge in [-0.2, -0.15) is 0 Å². The first-order valence-electron chi connectivity index (χ1n) is 9.81. The lowest BCUT2D eigenvalue weighted by Gasteiger charge is -2.37. The predicted molar refractivity (Wildman–Crippen MR) is 105 cm³/mol. The zero-order valence-corrected chi connectivity index (χ0v) is 16.2. The maximum absolute atomic E-state index is 12.4. The minimum Gasteiger partial charge on any atom is -0.494 e. The Bertz CT molecular complexity index is 674. The summed E-state index contributed by atoms with van der Waals surface area (Å²) in [6.07, 6.45) is 5.65. The Kier molecular flexibility index (Phi) is 6.50. The van der Waals surface area contributed by atoms with Crippen LogP contribution in [0.3, 0.4) is 0 Å². The van der Waals surface area contributed by atoms with Crippen molar-refractivity contribution in [2.75, 3.05) is 32.8 Å². The summed E-state index contributed by atoms with van der Waals surface area (Å²) >= 11 is 0. The van der Waals surface area contributed by atoms with Gasteiger partial charge >= 0.3 is 0 Å². The Morgan fingerprint density at radius 3 is 2.44 bits per heavy atom. The van der Waals surface area contributed by atoms with E-state index < -0.39 is 0 Å². The van der Waals surface area contributed by atoms with Crippen LogP contribution in [0.4, 0.5) is 0 Å². The lowest BCUT2D eigenvalue weighted by Crippen LogP contribution is -2.55. The fraction of sp³-hybridized carbons (Fsp3) is 0.524. The molecule has 0 aromatic heterocycles. The van der Waals surface area contributed by atoms with Crippen molar-refractivity contribution in [2.45, 2.75) is 38.8 Å². The third-order valence-corrected chi connectivity index (χ3v) is 5.09. The molecule has 1 N–H and O–H groups in total. The number of carbonyl (C=O) groups is 2. The van der Waals surface area contributed by atoms with E-state index in [4.69, 9.17) is 4.74 Å². The van der Waals surface area contributed by atoms with Crippen molar-refractivity contribution in [3.8, 4) is 5.75 Å². The number of hydrogen-bond acceptors (Lipinski definition) is 4. The first kappa shape index (κ1) is 19.4. The molecule has 1 aromatic rings. The van der Waals surface area contributed by atoms with Crippen LogP contribution < -0.4 is 10.1 Å². The Hall–Kier alpha value is -2.34. The van der Waals surface area contributed by atoms with Crippen molar-refractivity contribution in [3.63, 3.8) is 0 Å². The average Bonchev–Trinajstić information content (AvgIpc) is 3.51. The van der Waals surface area contributed by atoms with Crippen LogP contribution in [0, 0.1) is 0 Å². The average molecular weight is 371 g/mol. The Labute approximate surface area is 161 Å². The van der Waals surface area contributed by atoms with E-state index in [0.29, 0.717) is 25.7 Å². The van der Waals surface area contributed by atoms with E-state index in [2.05, 4.69) is 10.2 Å². The SMILES string of the molecule is CCOc1ccc(/C=C/C(=O)N2CCN(C(C)C(=O)NC3CC3)CC2)cc1. The molecule has 1 atom stereocenters. The van der Waals surface area contributed by atoms with Crippen LogP contribution in [-0.4, -0.2) is 66.5 Å². The highest BCUT2D eigenvalue weighted by molar-refractivity contribution is 5.92. The fourth-order valence-electron chi connectivity index (χ4n) is 3.16. The molecule has 1 aromatic carbocycles. The summed E-state index contributed by atoms with van der Waals surface area (Å²) in [6, 6.07) is 7.93. The molecule has 6 heteroatoms. The van der Waals surface area contributed by atoms with Gasteiger partial charge in [0, 0.05) is 38.3 Å². The highest BCUT2D eigenvalue weighted by atomic mass is 16.5. The van der Waals surface area contributed by atoms with Crippen LogP contribution in [0.1, 0.15) is 32.3 Å². The van der Waals surface area contributed by atoms with Crippen LogP contribution in [0.2, 0.25) is 0 Å². The molecule has 0 radical (unpaired) electrons. The van der Waals surface area contributed by atoms with E-state index in [1.807, 2.05) is 49.1 Å². The van der Waals surface area contributed by atoms with Crippen molar-refractivity contribution < 1.29 is 14.3 Å². The molecule has 0 bridgehead atoms. The molecule has 1 aliphatic carbocycles. The highest BCUT2D eigenvalue weighted by Crippen LogP contribution is 2.19. The third-order valence-electron chi connectivity index (χ3n) is 5.09. The van der Waals surface area contributed by atoms with Gasteiger partial charge in [-0.15, -0.1) is 0 Å². The first-order chi connectivity index (χ1) is 13.1. The maximum atomic E-state index is 12.4. The number of hydrogen-bond donors (Lipinski definition) is 1. The van der Waals surface area contributed by atoms with Gasteiger partial charge < -0.3 is 15.0 Å². The Morgan fingerprint density at radius 2 is 1.85 bits per heavy atom. The minimum absolute atomic E-state index is 0.0126. The van der Waals surface area contributed by atoms with Gasteiger partial charge in [0.2, 0.25) is 11.8 Å². The molecule has 1 heterocycles. The van der Waals surface area contributed by atoms with Gasteiger partial charge in [0.05, 0.1) is 12.6 Å². The molecule has 2 amide bonds. The number of benzene rings is 1. The zero-order valence-electron chi connectivity index (χ0n) is 16.2. The summed E-state index contributed by atoms with van der Waals surface area (Å²) < 4.78 is 5.42. The highest BCUT2D eigenvalue weighted by Gasteiger charge is 2.30. The number of nitrogens with zero attached hydrogens (tertiary/aromatic N) is 2. The van der Waals surface area contributed by atoms with Gasteiger partial charge in [-0.3, -0.25) is 14.5 Å². The summed E-state index contributed by atoms with van der Waals surface area (Å²) in [5, 5.41) is 3.05. The molecule has 6 nitrogen and oxygen atoms in total. The quantitative estimate of drug-likeness (QED) is 0.744. The van der Waals surface area contributed by atoms with Crippen LogP contribution in [0.25, 0.3) is 6.08 Å². The van der Waals surface area contributed by atoms with Gasteiger partial charge in [-0.05, 0) is 50.5 Å². The second-order valence-corrected chi connectivity index (χ2v) is 7.16. The number of carbonyl (C=O) groups excluding carboxylic acids is 2. The number of nitrogens with one attached hydrogen (secondary N) is 1. The molecule has 1 saturated carbocycles. The summed E-state index contributed by atoms with van der Waals surface area (Å²) in [6.45, 7) is 7.28. The molecular weight excluding hydrogens is 342 g/mol. The zero-order chi connectivity index (χ0) is 19.2. The van der Waals surface area contributed by atoms with Gasteiger partial charge in [-0.25, -0.2) is 0 Å². The molecule has 3 rings (SSSR count). The molecule has 0 spiro atoms. The molecule has 1 aliphatic heterocycles. The summed E-state index contributed by atoms with van der Waals surface area (Å²) in [5.41, 5.74) is 0.968. The molecule has 1 unspecified atom stereocenters. The predicted octanol–water partition coefficient (Wildman–Crippen LogP) is 1.91. The van der Waals surface area contributed by atoms with Gasteiger partial charge in [-0.1, -0.05) is 12.1 Å². The van der Waals surface area contributed by atoms with E-state index in [1.165, 1.54) is 0 Å². The molecule has 1 saturated heterocycles. The first-order valence-corrected chi connectivity index (χ1v) is 9.81. The van der Waals surface area contributed by atoms with E-state index in [9.17, 15) is 9.59 Å². The summed E-state index contributed by atoms with van der Waals surface area (Å²) in [5.74, 6) is 0.947. The van der Waals surface area contributed by atoms with Crippen molar-refractivity contribution >= 4 is 17.9 Å². The van der Waals surface area contributed by atoms with Crippen LogP contribution in [0.15, 0.2) is 30.3 Å². The fourth-order valence-corrected chi connectivity index (χ4v) is 3.16. The molecule has 27 heavy (non-hydrogen) atoms. The van der Waals surface area contributed by atoms with Crippen molar-refractivity contribution in [2.24, 2.45) is 0 Å². The number of rotatable bonds is 7. The number of piperazine rings is 1. The largest absolute Gasteiger partial charge is 0.494 e. The smallest absolute Gasteiger partial charge is 0.246 e. The Morgan fingerprint density at radius 1 is 1.19 bits per heavy atom. The maximum Gasteiger partial charge on any atom is 0.246 e. The van der Waals surface area contributed by atoms with E-state index >= 15 is 0 Å². The van der Waals surface area contributed by atoms with Gasteiger partial charge in [0.25, 0.3) is 0 Å². The molecule has 146 valence electrons. The monoisotopic (exact) mass is 371 g/mol. The normalized spacial score (nSPS) is 19.1. The van der Waals surface area contributed by atoms with E-state index in [0.717, 1.165) is 37.2 Å². The van der Waals surface area contributed by atoms with Crippen LogP contribution >= 0.6 is 0 Å². The lowest BCUT2D eigenvalue weighted by molar-refractivity contribution is -0.130. The Balaban J connectivity index is 1.45. The summed E-state index contributed by atoms with van der Waals surface area (Å²) in [7, 11) is 0. The van der Waals surface area contributed by atoms with Gasteiger partial charge in [0.1, 0.15) is 5.75 Å². The molecule has 2 aliphatic rings. The van der Waals surface area contributed by atoms with Crippen molar-refractivity contribution in [1.82, 2.24) is 15.1 Å². The van der Waals surface area contributed by atoms with E-state index in [1.54, 1.807) is 6.08 Å². The minimum atomic E-state index is -0.137. The molecular formula is C21H29N3O3. The lowest BCUT2D eigenvalue weighted by atomic mass is 10.2. The van der Waals surface area contributed by atoms with Gasteiger partial charge in [0.15, 0.2) is 0 Å². The second-order valence-electron chi connectivity index (χ2n) is 7.16. The topological polar surface area (TPSA) is 61.9 Å². The third kappa shape index (κ3) is 5.57. The second kappa shape index (κ2) is 9.04. The number of ether oxygens (including phenoxy) is 1. The standard InChI is InChI=1S/C21H29N3O3/c1-3-27-19-9-4-17(5-10-19)6-11-20(25)24-14-12-23(13-15-24)16(2)21(26)22-18-7-8-18/h4-6,9-11,16,18H,3,7-8,12-15H2,1-2H3,(H,22,26)/b11-6+. The van der Waals surface area contributed by atoms with Crippen LogP contribution in [-0.2, 0) is 9.59 Å². The number of amides is 2. The van der Waals surface area contributed by atoms with E-state index in [-0.39, 0.29) is 17.9 Å². The van der Waals surface area contributed by atoms with Crippen LogP contribution in [0.5, 0.6) is 5.75 Å². The van der Waals surface area contributed by atoms with Crippen molar-refractivity contribution in [3.05, 3.63) is 35.9 Å². The summed E-state index contributed by atoms with van der Waals surface area (Å²) in [4.78, 5) is 28.6.